The van der Waals surface area contributed by atoms with Crippen molar-refractivity contribution in [2.75, 3.05) is 38.7 Å². The number of methoxy groups -OCH3 is 1. The number of anilines is 1. The van der Waals surface area contributed by atoms with Crippen LogP contribution in [-0.4, -0.2) is 65.1 Å². The van der Waals surface area contributed by atoms with E-state index in [-0.39, 0.29) is 12.0 Å². The SMILES string of the molecule is COCCN1CC(NC(=O)Nc2nc(-c3ccccc3)nn2C)C(c2ccc(F)c(F)c2)C1. The first kappa shape index (κ1) is 22.8. The van der Waals surface area contributed by atoms with Gasteiger partial charge in [0.1, 0.15) is 0 Å². The van der Waals surface area contributed by atoms with Gasteiger partial charge in [-0.3, -0.25) is 10.2 Å². The number of aryl methyl sites for hydroxylation is 1. The van der Waals surface area contributed by atoms with E-state index >= 15 is 0 Å². The molecule has 2 heterocycles. The van der Waals surface area contributed by atoms with Crippen molar-refractivity contribution in [2.45, 2.75) is 12.0 Å². The quantitative estimate of drug-likeness (QED) is 0.571. The van der Waals surface area contributed by atoms with Crippen LogP contribution in [-0.2, 0) is 11.8 Å². The van der Waals surface area contributed by atoms with Gasteiger partial charge in [-0.05, 0) is 17.7 Å². The molecule has 0 saturated carbocycles. The number of carbonyl (C=O) groups excluding carboxylic acids is 1. The maximum absolute atomic E-state index is 13.9. The number of hydrogen-bond acceptors (Lipinski definition) is 5. The number of ether oxygens (including phenoxy) is 1. The first-order valence-electron chi connectivity index (χ1n) is 10.6. The van der Waals surface area contributed by atoms with E-state index in [0.717, 1.165) is 11.6 Å². The number of hydrogen-bond donors (Lipinski definition) is 2. The Morgan fingerprint density at radius 1 is 1.15 bits per heavy atom. The molecule has 1 aromatic heterocycles. The van der Waals surface area contributed by atoms with Crippen LogP contribution in [0.5, 0.6) is 0 Å². The van der Waals surface area contributed by atoms with Gasteiger partial charge in [-0.25, -0.2) is 18.3 Å². The molecule has 0 aliphatic carbocycles. The Morgan fingerprint density at radius 2 is 1.94 bits per heavy atom. The summed E-state index contributed by atoms with van der Waals surface area (Å²) in [4.78, 5) is 19.3. The number of carbonyl (C=O) groups is 1. The van der Waals surface area contributed by atoms with Crippen LogP contribution in [0.2, 0.25) is 0 Å². The Bertz CT molecular complexity index is 1110. The Morgan fingerprint density at radius 3 is 2.67 bits per heavy atom. The van der Waals surface area contributed by atoms with E-state index in [4.69, 9.17) is 4.74 Å². The maximum Gasteiger partial charge on any atom is 0.321 e. The molecule has 0 radical (unpaired) electrons. The second kappa shape index (κ2) is 10.1. The van der Waals surface area contributed by atoms with Crippen molar-refractivity contribution in [3.63, 3.8) is 0 Å². The van der Waals surface area contributed by atoms with Gasteiger partial charge in [0.15, 0.2) is 17.5 Å². The van der Waals surface area contributed by atoms with Gasteiger partial charge in [-0.1, -0.05) is 36.4 Å². The van der Waals surface area contributed by atoms with Gasteiger partial charge in [0.25, 0.3) is 0 Å². The first-order valence-corrected chi connectivity index (χ1v) is 10.6. The molecule has 2 amide bonds. The first-order chi connectivity index (χ1) is 15.9. The Hall–Kier alpha value is -3.37. The van der Waals surface area contributed by atoms with Crippen LogP contribution in [0.1, 0.15) is 11.5 Å². The van der Waals surface area contributed by atoms with E-state index in [1.54, 1.807) is 20.2 Å². The lowest BCUT2D eigenvalue weighted by Gasteiger charge is -2.20. The fourth-order valence-electron chi connectivity index (χ4n) is 4.02. The summed E-state index contributed by atoms with van der Waals surface area (Å²) in [7, 11) is 3.32. The minimum Gasteiger partial charge on any atom is -0.383 e. The smallest absolute Gasteiger partial charge is 0.321 e. The van der Waals surface area contributed by atoms with Crippen molar-refractivity contribution in [1.29, 1.82) is 0 Å². The van der Waals surface area contributed by atoms with Gasteiger partial charge >= 0.3 is 6.03 Å². The molecule has 1 fully saturated rings. The van der Waals surface area contributed by atoms with Gasteiger partial charge in [0.05, 0.1) is 12.6 Å². The summed E-state index contributed by atoms with van der Waals surface area (Å²) in [5.41, 5.74) is 1.47. The highest BCUT2D eigenvalue weighted by atomic mass is 19.2. The maximum atomic E-state index is 13.9. The number of nitrogens with zero attached hydrogens (tertiary/aromatic N) is 4. The van der Waals surface area contributed by atoms with Crippen molar-refractivity contribution in [2.24, 2.45) is 7.05 Å². The lowest BCUT2D eigenvalue weighted by molar-refractivity contribution is 0.159. The zero-order valence-corrected chi connectivity index (χ0v) is 18.5. The number of likely N-dealkylation sites (tertiary alicyclic amines) is 1. The number of rotatable bonds is 7. The molecule has 33 heavy (non-hydrogen) atoms. The summed E-state index contributed by atoms with van der Waals surface area (Å²) in [5, 5.41) is 10.1. The van der Waals surface area contributed by atoms with Gasteiger partial charge in [0, 0.05) is 45.3 Å². The number of aromatic nitrogens is 3. The van der Waals surface area contributed by atoms with Crippen molar-refractivity contribution in [1.82, 2.24) is 25.0 Å². The average molecular weight is 456 g/mol. The molecule has 1 saturated heterocycles. The number of benzene rings is 2. The van der Waals surface area contributed by atoms with Crippen molar-refractivity contribution >= 4 is 12.0 Å². The van der Waals surface area contributed by atoms with E-state index in [1.165, 1.54) is 10.7 Å². The van der Waals surface area contributed by atoms with E-state index < -0.39 is 17.7 Å². The van der Waals surface area contributed by atoms with Crippen molar-refractivity contribution < 1.29 is 18.3 Å². The van der Waals surface area contributed by atoms with Crippen LogP contribution >= 0.6 is 0 Å². The normalized spacial score (nSPS) is 18.4. The number of nitrogens with one attached hydrogen (secondary N) is 2. The molecule has 8 nitrogen and oxygen atoms in total. The van der Waals surface area contributed by atoms with E-state index in [9.17, 15) is 13.6 Å². The highest BCUT2D eigenvalue weighted by Gasteiger charge is 2.35. The molecule has 2 atom stereocenters. The molecule has 0 spiro atoms. The van der Waals surface area contributed by atoms with E-state index in [0.29, 0.717) is 43.6 Å². The fraction of sp³-hybridized carbons (Fsp3) is 0.348. The number of amides is 2. The molecule has 10 heteroatoms. The summed E-state index contributed by atoms with van der Waals surface area (Å²) < 4.78 is 34.0. The van der Waals surface area contributed by atoms with Crippen LogP contribution in [0, 0.1) is 11.6 Å². The summed E-state index contributed by atoms with van der Waals surface area (Å²) in [6.45, 7) is 2.33. The predicted molar refractivity (Wildman–Crippen MR) is 120 cm³/mol. The van der Waals surface area contributed by atoms with Gasteiger partial charge in [0.2, 0.25) is 5.95 Å². The Kier molecular flexibility index (Phi) is 6.95. The van der Waals surface area contributed by atoms with Gasteiger partial charge in [-0.15, -0.1) is 5.10 Å². The minimum atomic E-state index is -0.904. The lowest BCUT2D eigenvalue weighted by Crippen LogP contribution is -2.42. The van der Waals surface area contributed by atoms with Crippen molar-refractivity contribution in [3.8, 4) is 11.4 Å². The molecular formula is C23H26F2N6O2. The topological polar surface area (TPSA) is 84.3 Å². The lowest BCUT2D eigenvalue weighted by atomic mass is 9.94. The van der Waals surface area contributed by atoms with Crippen molar-refractivity contribution in [3.05, 3.63) is 65.7 Å². The highest BCUT2D eigenvalue weighted by molar-refractivity contribution is 5.88. The molecular weight excluding hydrogens is 430 g/mol. The third kappa shape index (κ3) is 5.35. The molecule has 2 aromatic carbocycles. The molecule has 3 aromatic rings. The van der Waals surface area contributed by atoms with Crippen LogP contribution < -0.4 is 10.6 Å². The molecule has 174 valence electrons. The van der Waals surface area contributed by atoms with Crippen LogP contribution in [0.15, 0.2) is 48.5 Å². The minimum absolute atomic E-state index is 0.206. The monoisotopic (exact) mass is 456 g/mol. The highest BCUT2D eigenvalue weighted by Crippen LogP contribution is 2.29. The molecule has 2 unspecified atom stereocenters. The fourth-order valence-corrected chi connectivity index (χ4v) is 4.02. The largest absolute Gasteiger partial charge is 0.383 e. The molecule has 1 aliphatic heterocycles. The zero-order valence-electron chi connectivity index (χ0n) is 18.5. The summed E-state index contributed by atoms with van der Waals surface area (Å²) in [6, 6.07) is 12.6. The van der Waals surface area contributed by atoms with Gasteiger partial charge < -0.3 is 10.1 Å². The summed E-state index contributed by atoms with van der Waals surface area (Å²) in [6.07, 6.45) is 0. The molecule has 4 rings (SSSR count). The van der Waals surface area contributed by atoms with Crippen LogP contribution in [0.25, 0.3) is 11.4 Å². The molecule has 0 bridgehead atoms. The standard InChI is InChI=1S/C23H26F2N6O2/c1-30-22(27-21(29-30)15-6-4-3-5-7-15)28-23(32)26-20-14-31(10-11-33-2)13-17(20)16-8-9-18(24)19(25)12-16/h3-9,12,17,20H,10-11,13-14H2,1-2H3,(H2,26,27,28,29,32). The summed E-state index contributed by atoms with van der Waals surface area (Å²) in [5.74, 6) is -1.21. The molecule has 2 N–H and O–H groups in total. The third-order valence-electron chi connectivity index (χ3n) is 5.72. The Labute approximate surface area is 190 Å². The van der Waals surface area contributed by atoms with Crippen LogP contribution in [0.4, 0.5) is 19.5 Å². The van der Waals surface area contributed by atoms with E-state index in [1.807, 2.05) is 30.3 Å². The number of halogens is 2. The average Bonchev–Trinajstić information content (AvgIpc) is 3.38. The van der Waals surface area contributed by atoms with Gasteiger partial charge in [-0.2, -0.15) is 4.98 Å². The van der Waals surface area contributed by atoms with E-state index in [2.05, 4.69) is 25.6 Å². The third-order valence-corrected chi connectivity index (χ3v) is 5.72. The number of urea groups is 1. The second-order valence-electron chi connectivity index (χ2n) is 7.99. The molecule has 1 aliphatic rings. The Balaban J connectivity index is 1.47. The summed E-state index contributed by atoms with van der Waals surface area (Å²) >= 11 is 0. The second-order valence-corrected chi connectivity index (χ2v) is 7.99. The van der Waals surface area contributed by atoms with Crippen LogP contribution in [0.3, 0.4) is 0 Å². The zero-order chi connectivity index (χ0) is 23.4. The predicted octanol–water partition coefficient (Wildman–Crippen LogP) is 3.00.